The van der Waals surface area contributed by atoms with Crippen LogP contribution in [0, 0.1) is 0 Å². The molecule has 0 aliphatic carbocycles. The molecule has 3 aromatic carbocycles. The molecule has 0 atom stereocenters. The highest BCUT2D eigenvalue weighted by Gasteiger charge is 2.30. The molecule has 0 radical (unpaired) electrons. The second kappa shape index (κ2) is 12.6. The number of carbonyl (C=O) groups is 2. The van der Waals surface area contributed by atoms with Gasteiger partial charge in [0.1, 0.15) is 15.5 Å². The van der Waals surface area contributed by atoms with Gasteiger partial charge in [0.2, 0.25) is 0 Å². The van der Waals surface area contributed by atoms with Crippen LogP contribution in [0.2, 0.25) is 0 Å². The number of nitrogens with one attached hydrogen (secondary N) is 1. The summed E-state index contributed by atoms with van der Waals surface area (Å²) in [5.41, 5.74) is 9.17. The number of rotatable bonds is 8. The van der Waals surface area contributed by atoms with Crippen LogP contribution in [0.1, 0.15) is 30.5 Å². The first-order valence-electron chi connectivity index (χ1n) is 13.8. The van der Waals surface area contributed by atoms with Crippen molar-refractivity contribution >= 4 is 62.0 Å². The molecule has 1 amide bonds. The number of nitrogens with two attached hydrogens (primary N) is 1. The third-order valence-corrected chi connectivity index (χ3v) is 9.12. The number of hydrogen-bond acceptors (Lipinski definition) is 7. The van der Waals surface area contributed by atoms with E-state index < -0.39 is 17.6 Å². The van der Waals surface area contributed by atoms with Crippen LogP contribution in [0.15, 0.2) is 102 Å². The predicted molar refractivity (Wildman–Crippen MR) is 179 cm³/mol. The van der Waals surface area contributed by atoms with E-state index in [1.54, 1.807) is 55.7 Å². The molecule has 0 bridgehead atoms. The molecule has 0 saturated carbocycles. The number of fused-ring (bicyclic) bond motifs is 1. The van der Waals surface area contributed by atoms with Gasteiger partial charge in [-0.15, -0.1) is 22.7 Å². The Morgan fingerprint density at radius 2 is 1.63 bits per heavy atom. The Morgan fingerprint density at radius 3 is 2.26 bits per heavy atom. The molecule has 230 valence electrons. The molecule has 3 aromatic heterocycles. The van der Waals surface area contributed by atoms with E-state index in [0.717, 1.165) is 33.9 Å². The van der Waals surface area contributed by atoms with Crippen molar-refractivity contribution in [3.8, 4) is 28.1 Å². The highest BCUT2D eigenvalue weighted by atomic mass is 32.1. The van der Waals surface area contributed by atoms with E-state index in [1.165, 1.54) is 29.5 Å². The van der Waals surface area contributed by atoms with Gasteiger partial charge in [0.15, 0.2) is 5.78 Å². The van der Waals surface area contributed by atoms with Crippen molar-refractivity contribution in [3.63, 3.8) is 0 Å². The van der Waals surface area contributed by atoms with Crippen LogP contribution in [-0.2, 0) is 6.18 Å². The molecule has 0 spiro atoms. The Balaban J connectivity index is 1.33. The molecule has 11 heteroatoms. The summed E-state index contributed by atoms with van der Waals surface area (Å²) in [6.07, 6.45) is -1.24. The van der Waals surface area contributed by atoms with Gasteiger partial charge in [-0.2, -0.15) is 13.2 Å². The van der Waals surface area contributed by atoms with Crippen LogP contribution < -0.4 is 15.8 Å². The number of pyridine rings is 1. The second-order valence-electron chi connectivity index (χ2n) is 10.1. The Bertz CT molecular complexity index is 2070. The molecule has 6 rings (SSSR count). The number of ether oxygens (including phenoxy) is 1. The first-order valence-corrected chi connectivity index (χ1v) is 15.5. The molecule has 0 fully saturated rings. The van der Waals surface area contributed by atoms with E-state index in [-0.39, 0.29) is 16.3 Å². The first-order chi connectivity index (χ1) is 22.1. The van der Waals surface area contributed by atoms with Gasteiger partial charge in [0.25, 0.3) is 5.91 Å². The Kier molecular flexibility index (Phi) is 8.44. The van der Waals surface area contributed by atoms with E-state index in [4.69, 9.17) is 15.5 Å². The molecule has 6 nitrogen and oxygen atoms in total. The third-order valence-electron chi connectivity index (χ3n) is 7.18. The lowest BCUT2D eigenvalue weighted by Crippen LogP contribution is -2.12. The number of methoxy groups -OCH3 is 1. The number of nitrogens with zero attached hydrogens (tertiary/aromatic N) is 1. The molecule has 46 heavy (non-hydrogen) atoms. The minimum Gasteiger partial charge on any atom is -0.497 e. The number of alkyl halides is 3. The van der Waals surface area contributed by atoms with Crippen molar-refractivity contribution in [1.29, 1.82) is 0 Å². The number of carbonyl (C=O) groups excluding carboxylic acids is 2. The van der Waals surface area contributed by atoms with Gasteiger partial charge >= 0.3 is 6.18 Å². The molecular formula is C35H24F3N3O3S2. The van der Waals surface area contributed by atoms with E-state index in [2.05, 4.69) is 5.32 Å². The summed E-state index contributed by atoms with van der Waals surface area (Å²) in [5.74, 6) is -0.00421. The van der Waals surface area contributed by atoms with Gasteiger partial charge in [0, 0.05) is 27.1 Å². The van der Waals surface area contributed by atoms with Crippen LogP contribution in [0.4, 0.5) is 24.5 Å². The Hall–Kier alpha value is -5.26. The minimum atomic E-state index is -4.49. The third kappa shape index (κ3) is 6.42. The monoisotopic (exact) mass is 655 g/mol. The summed E-state index contributed by atoms with van der Waals surface area (Å²) in [5, 5.41) is 5.21. The van der Waals surface area contributed by atoms with E-state index in [1.807, 2.05) is 29.6 Å². The Labute approximate surface area is 269 Å². The summed E-state index contributed by atoms with van der Waals surface area (Å²) in [6, 6.07) is 24.0. The quantitative estimate of drug-likeness (QED) is 0.126. The molecule has 0 saturated heterocycles. The average Bonchev–Trinajstić information content (AvgIpc) is 3.71. The molecule has 0 unspecified atom stereocenters. The summed E-state index contributed by atoms with van der Waals surface area (Å²) >= 11 is 2.61. The number of anilines is 2. The maximum absolute atomic E-state index is 13.5. The highest BCUT2D eigenvalue weighted by molar-refractivity contribution is 7.21. The molecule has 3 heterocycles. The van der Waals surface area contributed by atoms with Crippen LogP contribution in [0.25, 0.3) is 38.7 Å². The smallest absolute Gasteiger partial charge is 0.416 e. The van der Waals surface area contributed by atoms with Crippen molar-refractivity contribution in [2.24, 2.45) is 0 Å². The van der Waals surface area contributed by atoms with Gasteiger partial charge in [-0.25, -0.2) is 4.98 Å². The maximum atomic E-state index is 13.5. The standard InChI is InChI=1S/C35H24F3N3O3S2/c1-44-25-14-8-21(9-15-25)28-19-27(20-4-10-23(11-5-20)35(36,37)38)30-31(39)32(46-34(30)41-28)33(43)40-24-12-6-22(7-13-24)29(42)17-16-26-3-2-18-45-26/h2-19H,39H2,1H3,(H,40,43). The lowest BCUT2D eigenvalue weighted by Gasteiger charge is -2.11. The lowest BCUT2D eigenvalue weighted by atomic mass is 9.98. The topological polar surface area (TPSA) is 94.3 Å². The number of thiophene rings is 2. The minimum absolute atomic E-state index is 0.159. The number of amides is 1. The van der Waals surface area contributed by atoms with E-state index >= 15 is 0 Å². The largest absolute Gasteiger partial charge is 0.497 e. The number of benzene rings is 3. The number of hydrogen-bond donors (Lipinski definition) is 2. The number of allylic oxidation sites excluding steroid dienone is 1. The fourth-order valence-electron chi connectivity index (χ4n) is 4.81. The second-order valence-corrected chi connectivity index (χ2v) is 12.1. The maximum Gasteiger partial charge on any atom is 0.416 e. The Morgan fingerprint density at radius 1 is 0.935 bits per heavy atom. The zero-order valence-corrected chi connectivity index (χ0v) is 25.7. The summed E-state index contributed by atoms with van der Waals surface area (Å²) in [4.78, 5) is 32.4. The van der Waals surface area contributed by atoms with Crippen LogP contribution in [-0.4, -0.2) is 23.8 Å². The van der Waals surface area contributed by atoms with Gasteiger partial charge < -0.3 is 15.8 Å². The fourth-order valence-corrected chi connectivity index (χ4v) is 6.44. The van der Waals surface area contributed by atoms with Crippen molar-refractivity contribution in [1.82, 2.24) is 4.98 Å². The molecule has 3 N–H and O–H groups in total. The summed E-state index contributed by atoms with van der Waals surface area (Å²) < 4.78 is 45.2. The number of aromatic nitrogens is 1. The predicted octanol–water partition coefficient (Wildman–Crippen LogP) is 9.45. The van der Waals surface area contributed by atoms with Gasteiger partial charge in [-0.1, -0.05) is 18.2 Å². The van der Waals surface area contributed by atoms with E-state index in [0.29, 0.717) is 44.0 Å². The van der Waals surface area contributed by atoms with Crippen LogP contribution in [0.5, 0.6) is 5.75 Å². The summed E-state index contributed by atoms with van der Waals surface area (Å²) in [6.45, 7) is 0. The van der Waals surface area contributed by atoms with Gasteiger partial charge in [-0.05, 0) is 101 Å². The van der Waals surface area contributed by atoms with Crippen molar-refractivity contribution < 1.29 is 27.5 Å². The first kappa shape index (κ1) is 30.8. The summed E-state index contributed by atoms with van der Waals surface area (Å²) in [7, 11) is 1.56. The molecule has 0 aliphatic rings. The molecule has 6 aromatic rings. The lowest BCUT2D eigenvalue weighted by molar-refractivity contribution is -0.137. The van der Waals surface area contributed by atoms with Crippen LogP contribution in [0.3, 0.4) is 0 Å². The average molecular weight is 656 g/mol. The zero-order chi connectivity index (χ0) is 32.4. The van der Waals surface area contributed by atoms with Crippen molar-refractivity contribution in [3.05, 3.63) is 123 Å². The van der Waals surface area contributed by atoms with Gasteiger partial charge in [-0.3, -0.25) is 9.59 Å². The molecule has 0 aliphatic heterocycles. The normalized spacial score (nSPS) is 11.7. The number of nitrogen functional groups attached to an aromatic ring is 1. The number of ketones is 1. The number of halogens is 3. The fraction of sp³-hybridized carbons (Fsp3) is 0.0571. The van der Waals surface area contributed by atoms with Crippen LogP contribution >= 0.6 is 22.7 Å². The van der Waals surface area contributed by atoms with Crippen molar-refractivity contribution in [2.75, 3.05) is 18.2 Å². The highest BCUT2D eigenvalue weighted by Crippen LogP contribution is 2.42. The SMILES string of the molecule is COc1ccc(-c2cc(-c3ccc(C(F)(F)F)cc3)c3c(N)c(C(=O)Nc4ccc(C(=O)C=Cc5cccs5)cc4)sc3n2)cc1. The van der Waals surface area contributed by atoms with Gasteiger partial charge in [0.05, 0.1) is 24.1 Å². The van der Waals surface area contributed by atoms with E-state index in [9.17, 15) is 22.8 Å². The zero-order valence-electron chi connectivity index (χ0n) is 24.1. The van der Waals surface area contributed by atoms with Crippen molar-refractivity contribution in [2.45, 2.75) is 6.18 Å². The molecular weight excluding hydrogens is 632 g/mol.